The van der Waals surface area contributed by atoms with Crippen LogP contribution in [0.25, 0.3) is 11.5 Å². The third-order valence-corrected chi connectivity index (χ3v) is 3.28. The van der Waals surface area contributed by atoms with Crippen LogP contribution >= 0.6 is 0 Å². The zero-order valence-corrected chi connectivity index (χ0v) is 12.3. The largest absolute Gasteiger partial charge is 0.403 e. The van der Waals surface area contributed by atoms with Crippen LogP contribution in [0.3, 0.4) is 0 Å². The fourth-order valence-electron chi connectivity index (χ4n) is 2.14. The number of anilines is 2. The summed E-state index contributed by atoms with van der Waals surface area (Å²) in [4.78, 5) is 0. The van der Waals surface area contributed by atoms with Crippen LogP contribution in [-0.2, 0) is 0 Å². The van der Waals surface area contributed by atoms with E-state index in [9.17, 15) is 13.2 Å². The molecule has 0 aliphatic rings. The summed E-state index contributed by atoms with van der Waals surface area (Å²) in [7, 11) is 0. The maximum Gasteiger partial charge on any atom is 0.320 e. The SMILES string of the molecule is Cc1ccc(Nc2nnc(-c3cc(F)c(F)c(F)c3)o2)c(C)c1. The molecule has 1 aromatic heterocycles. The first kappa shape index (κ1) is 15.1. The minimum absolute atomic E-state index is 0.0393. The van der Waals surface area contributed by atoms with Gasteiger partial charge in [-0.2, -0.15) is 0 Å². The first-order valence-corrected chi connectivity index (χ1v) is 6.77. The van der Waals surface area contributed by atoms with E-state index in [-0.39, 0.29) is 17.5 Å². The van der Waals surface area contributed by atoms with Gasteiger partial charge in [0.15, 0.2) is 17.5 Å². The van der Waals surface area contributed by atoms with Gasteiger partial charge in [-0.05, 0) is 37.6 Å². The van der Waals surface area contributed by atoms with Crippen LogP contribution in [0.4, 0.5) is 24.9 Å². The minimum Gasteiger partial charge on any atom is -0.403 e. The van der Waals surface area contributed by atoms with Gasteiger partial charge in [0.05, 0.1) is 0 Å². The summed E-state index contributed by atoms with van der Waals surface area (Å²) in [5.41, 5.74) is 2.81. The first-order chi connectivity index (χ1) is 10.9. The van der Waals surface area contributed by atoms with Crippen LogP contribution in [0.15, 0.2) is 34.7 Å². The van der Waals surface area contributed by atoms with Gasteiger partial charge in [-0.25, -0.2) is 13.2 Å². The van der Waals surface area contributed by atoms with Gasteiger partial charge in [-0.15, -0.1) is 5.10 Å². The van der Waals surface area contributed by atoms with Crippen molar-refractivity contribution in [3.63, 3.8) is 0 Å². The molecule has 1 N–H and O–H groups in total. The molecule has 0 atom stereocenters. The summed E-state index contributed by atoms with van der Waals surface area (Å²) >= 11 is 0. The normalized spacial score (nSPS) is 10.8. The van der Waals surface area contributed by atoms with Crippen LogP contribution in [0.5, 0.6) is 0 Å². The van der Waals surface area contributed by atoms with Crippen LogP contribution in [-0.4, -0.2) is 10.2 Å². The highest BCUT2D eigenvalue weighted by atomic mass is 19.2. The molecule has 0 aliphatic carbocycles. The molecule has 118 valence electrons. The molecule has 0 bridgehead atoms. The van der Waals surface area contributed by atoms with Crippen molar-refractivity contribution in [1.29, 1.82) is 0 Å². The van der Waals surface area contributed by atoms with Gasteiger partial charge in [-0.3, -0.25) is 0 Å². The maximum atomic E-state index is 13.2. The summed E-state index contributed by atoms with van der Waals surface area (Å²) in [6, 6.07) is 7.41. The molecular weight excluding hydrogens is 307 g/mol. The molecule has 23 heavy (non-hydrogen) atoms. The monoisotopic (exact) mass is 319 g/mol. The number of nitrogens with one attached hydrogen (secondary N) is 1. The zero-order chi connectivity index (χ0) is 16.6. The second-order valence-corrected chi connectivity index (χ2v) is 5.11. The lowest BCUT2D eigenvalue weighted by Crippen LogP contribution is -1.93. The molecule has 0 fully saturated rings. The molecule has 7 heteroatoms. The predicted octanol–water partition coefficient (Wildman–Crippen LogP) is 4.51. The van der Waals surface area contributed by atoms with Crippen molar-refractivity contribution in [3.05, 3.63) is 58.9 Å². The van der Waals surface area contributed by atoms with Crippen LogP contribution in [0.1, 0.15) is 11.1 Å². The van der Waals surface area contributed by atoms with E-state index in [4.69, 9.17) is 4.42 Å². The van der Waals surface area contributed by atoms with E-state index in [0.717, 1.165) is 28.9 Å². The summed E-state index contributed by atoms with van der Waals surface area (Å²) in [5.74, 6) is -4.29. The predicted molar refractivity (Wildman–Crippen MR) is 78.8 cm³/mol. The standard InChI is InChI=1S/C16H12F3N3O/c1-8-3-4-13(9(2)5-8)20-16-22-21-15(23-16)10-6-11(17)14(19)12(18)7-10/h3-7H,1-2H3,(H,20,22). The minimum atomic E-state index is -1.54. The summed E-state index contributed by atoms with van der Waals surface area (Å²) in [5, 5.41) is 10.4. The summed E-state index contributed by atoms with van der Waals surface area (Å²) in [6.45, 7) is 3.89. The molecule has 0 radical (unpaired) electrons. The van der Waals surface area contributed by atoms with Gasteiger partial charge in [0.2, 0.25) is 5.89 Å². The number of rotatable bonds is 3. The van der Waals surface area contributed by atoms with Crippen molar-refractivity contribution in [2.24, 2.45) is 0 Å². The molecule has 0 spiro atoms. The molecule has 1 heterocycles. The highest BCUT2D eigenvalue weighted by Crippen LogP contribution is 2.26. The van der Waals surface area contributed by atoms with Gasteiger partial charge < -0.3 is 9.73 Å². The molecule has 2 aromatic carbocycles. The van der Waals surface area contributed by atoms with Crippen molar-refractivity contribution in [1.82, 2.24) is 10.2 Å². The van der Waals surface area contributed by atoms with Crippen molar-refractivity contribution < 1.29 is 17.6 Å². The molecule has 0 saturated heterocycles. The van der Waals surface area contributed by atoms with E-state index in [0.29, 0.717) is 0 Å². The Hall–Kier alpha value is -2.83. The third-order valence-electron chi connectivity index (χ3n) is 3.28. The zero-order valence-electron chi connectivity index (χ0n) is 12.3. The second kappa shape index (κ2) is 5.75. The number of aryl methyl sites for hydroxylation is 2. The first-order valence-electron chi connectivity index (χ1n) is 6.77. The van der Waals surface area contributed by atoms with Crippen LogP contribution in [0, 0.1) is 31.3 Å². The van der Waals surface area contributed by atoms with Crippen molar-refractivity contribution >= 4 is 11.7 Å². The van der Waals surface area contributed by atoms with E-state index in [1.807, 2.05) is 32.0 Å². The molecule has 3 rings (SSSR count). The second-order valence-electron chi connectivity index (χ2n) is 5.11. The summed E-state index contributed by atoms with van der Waals surface area (Å²) in [6.07, 6.45) is 0. The average Bonchev–Trinajstić information content (AvgIpc) is 2.96. The van der Waals surface area contributed by atoms with E-state index in [1.165, 1.54) is 0 Å². The lowest BCUT2D eigenvalue weighted by molar-refractivity contribution is 0.447. The lowest BCUT2D eigenvalue weighted by Gasteiger charge is -2.06. The van der Waals surface area contributed by atoms with Gasteiger partial charge in [0.1, 0.15) is 0 Å². The van der Waals surface area contributed by atoms with Gasteiger partial charge >= 0.3 is 6.01 Å². The quantitative estimate of drug-likeness (QED) is 0.721. The Morgan fingerprint density at radius 1 is 0.957 bits per heavy atom. The molecule has 3 aromatic rings. The van der Waals surface area contributed by atoms with E-state index in [1.54, 1.807) is 0 Å². The Kier molecular flexibility index (Phi) is 3.77. The lowest BCUT2D eigenvalue weighted by atomic mass is 10.1. The Morgan fingerprint density at radius 2 is 1.65 bits per heavy atom. The smallest absolute Gasteiger partial charge is 0.320 e. The topological polar surface area (TPSA) is 51.0 Å². The van der Waals surface area contributed by atoms with Crippen molar-refractivity contribution in [2.75, 3.05) is 5.32 Å². The Labute approximate surface area is 130 Å². The van der Waals surface area contributed by atoms with Gasteiger partial charge in [-0.1, -0.05) is 22.8 Å². The van der Waals surface area contributed by atoms with E-state index in [2.05, 4.69) is 15.5 Å². The molecule has 0 saturated carbocycles. The van der Waals surface area contributed by atoms with Crippen molar-refractivity contribution in [3.8, 4) is 11.5 Å². The Balaban J connectivity index is 1.89. The fourth-order valence-corrected chi connectivity index (χ4v) is 2.14. The molecule has 4 nitrogen and oxygen atoms in total. The number of aromatic nitrogens is 2. The third kappa shape index (κ3) is 3.03. The number of nitrogens with zero attached hydrogens (tertiary/aromatic N) is 2. The molecular formula is C16H12F3N3O. The molecule has 0 aliphatic heterocycles. The Morgan fingerprint density at radius 3 is 2.30 bits per heavy atom. The molecule has 0 amide bonds. The van der Waals surface area contributed by atoms with E-state index < -0.39 is 17.5 Å². The Bertz CT molecular complexity index is 854. The van der Waals surface area contributed by atoms with Gasteiger partial charge in [0.25, 0.3) is 0 Å². The highest BCUT2D eigenvalue weighted by Gasteiger charge is 2.16. The average molecular weight is 319 g/mol. The maximum absolute atomic E-state index is 13.2. The number of hydrogen-bond acceptors (Lipinski definition) is 4. The van der Waals surface area contributed by atoms with Crippen LogP contribution in [0.2, 0.25) is 0 Å². The highest BCUT2D eigenvalue weighted by molar-refractivity contribution is 5.59. The number of halogens is 3. The summed E-state index contributed by atoms with van der Waals surface area (Å²) < 4.78 is 44.8. The van der Waals surface area contributed by atoms with E-state index >= 15 is 0 Å². The van der Waals surface area contributed by atoms with Crippen LogP contribution < -0.4 is 5.32 Å². The fraction of sp³-hybridized carbons (Fsp3) is 0.125. The molecule has 0 unspecified atom stereocenters. The van der Waals surface area contributed by atoms with Gasteiger partial charge in [0, 0.05) is 11.3 Å². The van der Waals surface area contributed by atoms with Crippen molar-refractivity contribution in [2.45, 2.75) is 13.8 Å². The number of benzene rings is 2. The number of hydrogen-bond donors (Lipinski definition) is 1.